The number of rotatable bonds is 8. The van der Waals surface area contributed by atoms with E-state index in [2.05, 4.69) is 35.8 Å². The molecule has 3 nitrogen and oxygen atoms in total. The Morgan fingerprint density at radius 1 is 1.43 bits per heavy atom. The summed E-state index contributed by atoms with van der Waals surface area (Å²) in [6.45, 7) is 4.88. The number of nitrogens with zero attached hydrogens (tertiary/aromatic N) is 1. The molecule has 5 heteroatoms. The van der Waals surface area contributed by atoms with Crippen LogP contribution in [-0.2, 0) is 4.79 Å². The van der Waals surface area contributed by atoms with Crippen molar-refractivity contribution in [2.24, 2.45) is 5.73 Å². The van der Waals surface area contributed by atoms with Crippen LogP contribution in [-0.4, -0.2) is 35.4 Å². The second-order valence-electron chi connectivity index (χ2n) is 5.12. The smallest absolute Gasteiger partial charge is 0.240 e. The highest BCUT2D eigenvalue weighted by Gasteiger charge is 2.26. The van der Waals surface area contributed by atoms with Gasteiger partial charge in [0.05, 0.1) is 12.1 Å². The fraction of sp³-hybridized carbons (Fsp3) is 0.562. The molecule has 1 aromatic rings. The fourth-order valence-electron chi connectivity index (χ4n) is 2.30. The van der Waals surface area contributed by atoms with Crippen LogP contribution in [0.2, 0.25) is 0 Å². The van der Waals surface area contributed by atoms with Crippen LogP contribution in [0.15, 0.2) is 28.7 Å². The zero-order chi connectivity index (χ0) is 15.8. The van der Waals surface area contributed by atoms with Gasteiger partial charge in [0, 0.05) is 11.0 Å². The van der Waals surface area contributed by atoms with E-state index in [1.54, 1.807) is 11.8 Å². The average molecular weight is 373 g/mol. The standard InChI is InChI=1S/C16H25BrN2OS/c1-4-10-19(16(20)15(18)9-11-21-3)12(2)13-7-5-6-8-14(13)17/h5-8,12,15H,4,9-11,18H2,1-3H3/t12?,15-/m0/s1. The van der Waals surface area contributed by atoms with Crippen molar-refractivity contribution in [1.82, 2.24) is 4.90 Å². The minimum absolute atomic E-state index is 0.0216. The summed E-state index contributed by atoms with van der Waals surface area (Å²) in [5, 5.41) is 0. The summed E-state index contributed by atoms with van der Waals surface area (Å²) in [5.41, 5.74) is 7.19. The Labute approximate surface area is 140 Å². The first-order valence-electron chi connectivity index (χ1n) is 7.32. The van der Waals surface area contributed by atoms with Crippen molar-refractivity contribution in [2.75, 3.05) is 18.6 Å². The third-order valence-corrected chi connectivity index (χ3v) is 4.89. The lowest BCUT2D eigenvalue weighted by Crippen LogP contribution is -2.45. The molecule has 1 unspecified atom stereocenters. The van der Waals surface area contributed by atoms with Crippen LogP contribution in [0.4, 0.5) is 0 Å². The van der Waals surface area contributed by atoms with Crippen LogP contribution in [0.1, 0.15) is 38.3 Å². The molecule has 0 saturated carbocycles. The van der Waals surface area contributed by atoms with Gasteiger partial charge in [0.1, 0.15) is 0 Å². The van der Waals surface area contributed by atoms with Crippen LogP contribution < -0.4 is 5.73 Å². The molecule has 0 spiro atoms. The van der Waals surface area contributed by atoms with Gasteiger partial charge < -0.3 is 10.6 Å². The Morgan fingerprint density at radius 2 is 2.10 bits per heavy atom. The molecule has 0 aromatic heterocycles. The Balaban J connectivity index is 2.90. The van der Waals surface area contributed by atoms with Crippen molar-refractivity contribution in [2.45, 2.75) is 38.8 Å². The molecule has 0 aliphatic heterocycles. The van der Waals surface area contributed by atoms with Crippen molar-refractivity contribution in [3.63, 3.8) is 0 Å². The third-order valence-electron chi connectivity index (χ3n) is 3.52. The zero-order valence-corrected chi connectivity index (χ0v) is 15.4. The number of hydrogen-bond donors (Lipinski definition) is 1. The zero-order valence-electron chi connectivity index (χ0n) is 13.0. The maximum Gasteiger partial charge on any atom is 0.240 e. The summed E-state index contributed by atoms with van der Waals surface area (Å²) in [6.07, 6.45) is 3.68. The number of thioether (sulfide) groups is 1. The number of hydrogen-bond acceptors (Lipinski definition) is 3. The fourth-order valence-corrected chi connectivity index (χ4v) is 3.40. The second kappa shape index (κ2) is 9.49. The van der Waals surface area contributed by atoms with Crippen molar-refractivity contribution < 1.29 is 4.79 Å². The molecule has 0 aliphatic rings. The Morgan fingerprint density at radius 3 is 2.67 bits per heavy atom. The second-order valence-corrected chi connectivity index (χ2v) is 6.96. The normalized spacial score (nSPS) is 13.8. The predicted molar refractivity (Wildman–Crippen MR) is 95.5 cm³/mol. The molecule has 1 amide bonds. The summed E-state index contributed by atoms with van der Waals surface area (Å²) < 4.78 is 1.03. The van der Waals surface area contributed by atoms with Crippen molar-refractivity contribution in [3.8, 4) is 0 Å². The monoisotopic (exact) mass is 372 g/mol. The van der Waals surface area contributed by atoms with E-state index in [0.717, 1.165) is 35.2 Å². The Bertz CT molecular complexity index is 456. The Kier molecular flexibility index (Phi) is 8.37. The molecule has 0 heterocycles. The molecule has 118 valence electrons. The molecule has 0 bridgehead atoms. The summed E-state index contributed by atoms with van der Waals surface area (Å²) in [5.74, 6) is 0.963. The van der Waals surface area contributed by atoms with E-state index >= 15 is 0 Å². The third kappa shape index (κ3) is 5.31. The number of carbonyl (C=O) groups excluding carboxylic acids is 1. The van der Waals surface area contributed by atoms with E-state index in [4.69, 9.17) is 5.73 Å². The maximum atomic E-state index is 12.6. The first kappa shape index (κ1) is 18.5. The summed E-state index contributed by atoms with van der Waals surface area (Å²) in [4.78, 5) is 14.5. The predicted octanol–water partition coefficient (Wildman–Crippen LogP) is 3.83. The molecular weight excluding hydrogens is 348 g/mol. The van der Waals surface area contributed by atoms with E-state index in [0.29, 0.717) is 0 Å². The van der Waals surface area contributed by atoms with Crippen LogP contribution in [0, 0.1) is 0 Å². The van der Waals surface area contributed by atoms with E-state index in [1.165, 1.54) is 0 Å². The van der Waals surface area contributed by atoms with Crippen molar-refractivity contribution in [3.05, 3.63) is 34.3 Å². The first-order valence-corrected chi connectivity index (χ1v) is 9.51. The van der Waals surface area contributed by atoms with Gasteiger partial charge in [-0.1, -0.05) is 41.1 Å². The van der Waals surface area contributed by atoms with Crippen LogP contribution in [0.3, 0.4) is 0 Å². The van der Waals surface area contributed by atoms with E-state index in [9.17, 15) is 4.79 Å². The number of amides is 1. The molecule has 0 fully saturated rings. The lowest BCUT2D eigenvalue weighted by molar-refractivity contribution is -0.134. The number of carbonyl (C=O) groups is 1. The summed E-state index contributed by atoms with van der Waals surface area (Å²) in [7, 11) is 0. The highest BCUT2D eigenvalue weighted by molar-refractivity contribution is 9.10. The van der Waals surface area contributed by atoms with Crippen LogP contribution in [0.5, 0.6) is 0 Å². The minimum Gasteiger partial charge on any atom is -0.335 e. The SMILES string of the molecule is CCCN(C(=O)[C@@H](N)CCSC)C(C)c1ccccc1Br. The number of benzene rings is 1. The first-order chi connectivity index (χ1) is 10.0. The molecule has 0 radical (unpaired) electrons. The minimum atomic E-state index is -0.408. The molecule has 0 aliphatic carbocycles. The molecule has 1 rings (SSSR count). The Hall–Kier alpha value is -0.520. The summed E-state index contributed by atoms with van der Waals surface area (Å²) in [6, 6.07) is 7.66. The molecule has 1 aromatic carbocycles. The molecule has 21 heavy (non-hydrogen) atoms. The number of halogens is 1. The average Bonchev–Trinajstić information content (AvgIpc) is 2.49. The molecule has 2 N–H and O–H groups in total. The molecule has 2 atom stereocenters. The lowest BCUT2D eigenvalue weighted by Gasteiger charge is -2.32. The van der Waals surface area contributed by atoms with E-state index < -0.39 is 6.04 Å². The highest BCUT2D eigenvalue weighted by Crippen LogP contribution is 2.28. The van der Waals surface area contributed by atoms with Crippen LogP contribution >= 0.6 is 27.7 Å². The van der Waals surface area contributed by atoms with Gasteiger partial charge in [-0.2, -0.15) is 11.8 Å². The van der Waals surface area contributed by atoms with Gasteiger partial charge in [-0.05, 0) is 43.4 Å². The topological polar surface area (TPSA) is 46.3 Å². The maximum absolute atomic E-state index is 12.6. The van der Waals surface area contributed by atoms with Gasteiger partial charge in [-0.15, -0.1) is 0 Å². The molecular formula is C16H25BrN2OS. The number of nitrogens with two attached hydrogens (primary N) is 1. The van der Waals surface area contributed by atoms with E-state index in [1.807, 2.05) is 29.4 Å². The highest BCUT2D eigenvalue weighted by atomic mass is 79.9. The van der Waals surface area contributed by atoms with Gasteiger partial charge in [0.15, 0.2) is 0 Å². The van der Waals surface area contributed by atoms with Gasteiger partial charge >= 0.3 is 0 Å². The lowest BCUT2D eigenvalue weighted by atomic mass is 10.0. The largest absolute Gasteiger partial charge is 0.335 e. The van der Waals surface area contributed by atoms with Gasteiger partial charge in [0.2, 0.25) is 5.91 Å². The van der Waals surface area contributed by atoms with Crippen molar-refractivity contribution >= 4 is 33.6 Å². The summed E-state index contributed by atoms with van der Waals surface area (Å²) >= 11 is 5.29. The van der Waals surface area contributed by atoms with Gasteiger partial charge in [-0.3, -0.25) is 4.79 Å². The molecule has 0 saturated heterocycles. The van der Waals surface area contributed by atoms with Gasteiger partial charge in [-0.25, -0.2) is 0 Å². The quantitative estimate of drug-likeness (QED) is 0.753. The van der Waals surface area contributed by atoms with E-state index in [-0.39, 0.29) is 11.9 Å². The van der Waals surface area contributed by atoms with Gasteiger partial charge in [0.25, 0.3) is 0 Å². The van der Waals surface area contributed by atoms with Crippen molar-refractivity contribution in [1.29, 1.82) is 0 Å². The van der Waals surface area contributed by atoms with Crippen LogP contribution in [0.25, 0.3) is 0 Å².